The molecule has 4 rings (SSSR count). The molecule has 0 aliphatic heterocycles. The summed E-state index contributed by atoms with van der Waals surface area (Å²) in [6, 6.07) is 5.96. The average Bonchev–Trinajstić information content (AvgIpc) is 3.21. The molecule has 0 aromatic carbocycles. The van der Waals surface area contributed by atoms with E-state index in [0.29, 0.717) is 11.4 Å². The predicted octanol–water partition coefficient (Wildman–Crippen LogP) is 4.20. The van der Waals surface area contributed by atoms with E-state index in [-0.39, 0.29) is 0 Å². The van der Waals surface area contributed by atoms with Crippen LogP contribution in [0.1, 0.15) is 35.9 Å². The smallest absolute Gasteiger partial charge is 0.175 e. The summed E-state index contributed by atoms with van der Waals surface area (Å²) in [4.78, 5) is 10.5. The second-order valence-corrected chi connectivity index (χ2v) is 8.14. The van der Waals surface area contributed by atoms with Crippen LogP contribution in [-0.2, 0) is 0 Å². The number of fused-ring (bicyclic) bond motifs is 2. The first-order valence-corrected chi connectivity index (χ1v) is 10.3. The highest BCUT2D eigenvalue weighted by atomic mass is 15.3. The van der Waals surface area contributed by atoms with Crippen molar-refractivity contribution in [2.45, 2.75) is 27.2 Å². The maximum absolute atomic E-state index is 8.82. The Morgan fingerprint density at radius 3 is 2.80 bits per heavy atom. The first-order chi connectivity index (χ1) is 14.4. The molecule has 1 aliphatic rings. The third-order valence-electron chi connectivity index (χ3n) is 5.57. The Bertz CT molecular complexity index is 1170. The zero-order chi connectivity index (χ0) is 21.4. The number of hydrogen-bond donors (Lipinski definition) is 3. The van der Waals surface area contributed by atoms with Crippen LogP contribution in [0.15, 0.2) is 35.5 Å². The van der Waals surface area contributed by atoms with Crippen LogP contribution in [0.5, 0.6) is 0 Å². The lowest BCUT2D eigenvalue weighted by Gasteiger charge is -2.15. The molecule has 0 unspecified atom stereocenters. The number of rotatable bonds is 6. The van der Waals surface area contributed by atoms with Gasteiger partial charge in [-0.15, -0.1) is 5.10 Å². The van der Waals surface area contributed by atoms with E-state index in [2.05, 4.69) is 43.1 Å². The molecule has 0 fully saturated rings. The molecule has 156 valence electrons. The monoisotopic (exact) mass is 403 g/mol. The Hall–Kier alpha value is -3.19. The van der Waals surface area contributed by atoms with Crippen LogP contribution < -0.4 is 5.32 Å². The fourth-order valence-electron chi connectivity index (χ4n) is 3.83. The number of aliphatic imine (C=N–C) groups is 1. The van der Waals surface area contributed by atoms with Crippen molar-refractivity contribution < 1.29 is 0 Å². The molecule has 30 heavy (non-hydrogen) atoms. The van der Waals surface area contributed by atoms with Crippen LogP contribution in [0.3, 0.4) is 0 Å². The van der Waals surface area contributed by atoms with Crippen molar-refractivity contribution in [3.8, 4) is 0 Å². The topological polar surface area (TPSA) is 84.6 Å². The molecule has 0 spiro atoms. The van der Waals surface area contributed by atoms with Gasteiger partial charge in [0.1, 0.15) is 5.69 Å². The zero-order valence-corrected chi connectivity index (χ0v) is 18.3. The van der Waals surface area contributed by atoms with E-state index in [1.807, 2.05) is 41.9 Å². The van der Waals surface area contributed by atoms with E-state index in [1.54, 1.807) is 0 Å². The van der Waals surface area contributed by atoms with Crippen LogP contribution in [0.4, 0.5) is 11.5 Å². The van der Waals surface area contributed by atoms with E-state index in [0.717, 1.165) is 64.6 Å². The molecule has 0 amide bonds. The molecule has 0 bridgehead atoms. The zero-order valence-electron chi connectivity index (χ0n) is 18.3. The van der Waals surface area contributed by atoms with Crippen molar-refractivity contribution in [1.82, 2.24) is 19.5 Å². The molecule has 3 N–H and O–H groups in total. The summed E-state index contributed by atoms with van der Waals surface area (Å²) in [6.45, 7) is 7.99. The summed E-state index contributed by atoms with van der Waals surface area (Å²) in [5.74, 6) is 0.749. The maximum atomic E-state index is 8.82. The average molecular weight is 404 g/mol. The Morgan fingerprint density at radius 1 is 1.23 bits per heavy atom. The third-order valence-corrected chi connectivity index (χ3v) is 5.57. The van der Waals surface area contributed by atoms with Gasteiger partial charge in [0.05, 0.1) is 22.6 Å². The van der Waals surface area contributed by atoms with Crippen molar-refractivity contribution >= 4 is 34.0 Å². The normalized spacial score (nSPS) is 15.2. The minimum Gasteiger partial charge on any atom is -0.367 e. The van der Waals surface area contributed by atoms with Crippen molar-refractivity contribution in [1.29, 1.82) is 5.41 Å². The van der Waals surface area contributed by atoms with Gasteiger partial charge in [0.25, 0.3) is 0 Å². The number of pyridine rings is 1. The lowest BCUT2D eigenvalue weighted by molar-refractivity contribution is 0.405. The summed E-state index contributed by atoms with van der Waals surface area (Å²) in [7, 11) is 4.15. The molecule has 3 aromatic rings. The van der Waals surface area contributed by atoms with E-state index in [9.17, 15) is 0 Å². The van der Waals surface area contributed by atoms with Gasteiger partial charge in [0, 0.05) is 24.0 Å². The van der Waals surface area contributed by atoms with E-state index < -0.39 is 0 Å². The Labute approximate surface area is 177 Å². The summed E-state index contributed by atoms with van der Waals surface area (Å²) in [6.07, 6.45) is 4.92. The quantitative estimate of drug-likeness (QED) is 0.539. The molecule has 0 atom stereocenters. The second kappa shape index (κ2) is 7.91. The van der Waals surface area contributed by atoms with Gasteiger partial charge < -0.3 is 15.2 Å². The molecular formula is C23H29N7. The maximum Gasteiger partial charge on any atom is 0.175 e. The van der Waals surface area contributed by atoms with Crippen LogP contribution in [0.2, 0.25) is 0 Å². The summed E-state index contributed by atoms with van der Waals surface area (Å²) in [5, 5.41) is 17.0. The number of anilines is 1. The molecule has 3 heterocycles. The Morgan fingerprint density at radius 2 is 2.03 bits per heavy atom. The van der Waals surface area contributed by atoms with Gasteiger partial charge in [-0.3, -0.25) is 5.41 Å². The first kappa shape index (κ1) is 20.1. The van der Waals surface area contributed by atoms with Crippen molar-refractivity contribution in [2.24, 2.45) is 4.99 Å². The number of aromatic amines is 1. The van der Waals surface area contributed by atoms with Crippen LogP contribution in [0, 0.1) is 19.3 Å². The van der Waals surface area contributed by atoms with E-state index in [1.165, 1.54) is 0 Å². The van der Waals surface area contributed by atoms with Crippen molar-refractivity contribution in [2.75, 3.05) is 32.5 Å². The fraction of sp³-hybridized carbons (Fsp3) is 0.348. The molecule has 7 heteroatoms. The number of nitrogens with zero attached hydrogens (tertiary/aromatic N) is 4. The van der Waals surface area contributed by atoms with E-state index >= 15 is 0 Å². The standard InChI is InChI=1S/C23H29N7/c1-14-13-17(20(24)19-15(2)16(3)26-21(14)19)27-22-18-9-6-7-12-30(18)28-23(22)25-10-8-11-29(4)5/h6-7,9,12-13,24,26H,8,10-11H2,1-5H3,(H,25,28)/b24-20?,27-17+. The second-order valence-electron chi connectivity index (χ2n) is 8.14. The Kier molecular flexibility index (Phi) is 5.30. The fourth-order valence-corrected chi connectivity index (χ4v) is 3.83. The minimum atomic E-state index is 0.450. The molecular weight excluding hydrogens is 374 g/mol. The lowest BCUT2D eigenvalue weighted by Crippen LogP contribution is -2.18. The minimum absolute atomic E-state index is 0.450. The van der Waals surface area contributed by atoms with Gasteiger partial charge in [-0.1, -0.05) is 6.07 Å². The van der Waals surface area contributed by atoms with E-state index in [4.69, 9.17) is 15.5 Å². The van der Waals surface area contributed by atoms with Gasteiger partial charge in [-0.05, 0) is 77.2 Å². The van der Waals surface area contributed by atoms with Crippen LogP contribution >= 0.6 is 0 Å². The van der Waals surface area contributed by atoms with Gasteiger partial charge in [-0.25, -0.2) is 9.51 Å². The highest BCUT2D eigenvalue weighted by molar-refractivity contribution is 6.54. The molecule has 7 nitrogen and oxygen atoms in total. The summed E-state index contributed by atoms with van der Waals surface area (Å²) in [5.41, 5.74) is 8.08. The van der Waals surface area contributed by atoms with Gasteiger partial charge in [-0.2, -0.15) is 0 Å². The lowest BCUT2D eigenvalue weighted by atomic mass is 9.92. The molecule has 0 radical (unpaired) electrons. The summed E-state index contributed by atoms with van der Waals surface area (Å²) < 4.78 is 1.84. The Balaban J connectivity index is 1.74. The highest BCUT2D eigenvalue weighted by Crippen LogP contribution is 2.33. The van der Waals surface area contributed by atoms with Crippen LogP contribution in [0.25, 0.3) is 11.1 Å². The molecule has 0 saturated carbocycles. The largest absolute Gasteiger partial charge is 0.367 e. The van der Waals surface area contributed by atoms with Crippen LogP contribution in [-0.4, -0.2) is 58.1 Å². The molecule has 1 aliphatic carbocycles. The third kappa shape index (κ3) is 3.57. The number of nitrogens with one attached hydrogen (secondary N) is 3. The number of allylic oxidation sites excluding steroid dienone is 2. The van der Waals surface area contributed by atoms with Crippen molar-refractivity contribution in [3.05, 3.63) is 53.0 Å². The van der Waals surface area contributed by atoms with Crippen molar-refractivity contribution in [3.63, 3.8) is 0 Å². The predicted molar refractivity (Wildman–Crippen MR) is 125 cm³/mol. The van der Waals surface area contributed by atoms with Gasteiger partial charge in [0.2, 0.25) is 0 Å². The van der Waals surface area contributed by atoms with Gasteiger partial charge >= 0.3 is 0 Å². The number of aryl methyl sites for hydroxylation is 1. The number of aromatic nitrogens is 3. The summed E-state index contributed by atoms with van der Waals surface area (Å²) >= 11 is 0. The number of hydrogen-bond acceptors (Lipinski definition) is 5. The first-order valence-electron chi connectivity index (χ1n) is 10.3. The highest BCUT2D eigenvalue weighted by Gasteiger charge is 2.25. The van der Waals surface area contributed by atoms with Gasteiger partial charge in [0.15, 0.2) is 5.82 Å². The number of H-pyrrole nitrogens is 1. The molecule has 3 aromatic heterocycles. The SMILES string of the molecule is CC1=C/C(=N\c2c(NCCCN(C)C)nn3ccccc23)C(=N)c2c1[nH]c(C)c2C. The molecule has 0 saturated heterocycles.